The van der Waals surface area contributed by atoms with Crippen molar-refractivity contribution in [3.8, 4) is 0 Å². The second-order valence-corrected chi connectivity index (χ2v) is 25.4. The van der Waals surface area contributed by atoms with Crippen LogP contribution in [0.4, 0.5) is 0 Å². The van der Waals surface area contributed by atoms with Gasteiger partial charge in [0.05, 0.1) is 6.04 Å². The second-order valence-electron chi connectivity index (χ2n) is 25.4. The first-order valence-corrected chi connectivity index (χ1v) is 33.0. The molecule has 35 nitrogen and oxygen atoms in total. The van der Waals surface area contributed by atoms with Gasteiger partial charge >= 0.3 is 5.97 Å². The van der Waals surface area contributed by atoms with Gasteiger partial charge in [-0.25, -0.2) is 4.79 Å². The van der Waals surface area contributed by atoms with Crippen LogP contribution in [0, 0.1) is 23.7 Å². The quantitative estimate of drug-likeness (QED) is 0.0155. The average Bonchev–Trinajstić information content (AvgIpc) is 0.961. The zero-order valence-electron chi connectivity index (χ0n) is 57.2. The second kappa shape index (κ2) is 48.4. The van der Waals surface area contributed by atoms with Crippen molar-refractivity contribution in [2.45, 2.75) is 231 Å². The van der Waals surface area contributed by atoms with E-state index < -0.39 is 120 Å². The summed E-state index contributed by atoms with van der Waals surface area (Å²) in [5.74, 6) is -9.63. The molecule has 32 N–H and O–H groups in total. The Balaban J connectivity index is 7.34. The van der Waals surface area contributed by atoms with Crippen LogP contribution < -0.4 is 111 Å². The van der Waals surface area contributed by atoms with Gasteiger partial charge in [-0.05, 0) is 152 Å². The molecule has 0 bridgehead atoms. The van der Waals surface area contributed by atoms with E-state index >= 15 is 0 Å². The maximum absolute atomic E-state index is 14.7. The number of nitrogens with two attached hydrogens (primary N) is 11. The van der Waals surface area contributed by atoms with Crippen LogP contribution in [-0.2, 0) is 47.9 Å². The highest BCUT2D eigenvalue weighted by molar-refractivity contribution is 5.98. The molecule has 0 aliphatic heterocycles. The number of carbonyl (C=O) groups is 10. The number of nitrogens with zero attached hydrogens (tertiary/aromatic N) is 4. The van der Waals surface area contributed by atoms with Crippen molar-refractivity contribution in [1.29, 1.82) is 0 Å². The molecular formula is C60H118N24O11. The number of amides is 9. The number of aliphatic imine (C=N–C) groups is 4. The molecule has 0 heterocycles. The number of guanidine groups is 4. The standard InChI is InChI=1S/C60H118N24O11/c1-33(2)29-37(63)47(85)76-40(19-13-25-72-57(64)65)49(87)78-39(18-10-12-24-62)51(89)82-44(30-34(3)4)53(91)80-41(20-14-26-73-58(66)67)50(88)77-38(17-9-11-23-61)48(86)79-42(21-15-27-74-59(68)69)52(90)83-46(32-36(7)8)55(93)84-45(31-35(5)6)54(92)81-43(56(94)95)22-16-28-75-60(70)71/h33-46H,9-32,61-63H2,1-8H3,(H,76,85)(H,77,88)(H,78,87)(H,79,86)(H,80,91)(H,81,92)(H,82,89)(H,83,90)(H,84,93)(H,94,95)(H4,64,65,72)(H4,66,67,73)(H4,68,69,74)(H4,70,71,75)/t37-,38-,39-,40-,41-,42-,43-,44-,45-,46-/m0/s1. The molecule has 95 heavy (non-hydrogen) atoms. The average molecular weight is 1350 g/mol. The SMILES string of the molecule is CC(C)C[C@H](NC(=O)[C@H](CC(C)C)NC(=O)[C@H](CCCN=C(N)N)NC(=O)[C@H](CCCCN)NC(=O)[C@H](CCCN=C(N)N)NC(=O)[C@H](CC(C)C)NC(=O)[C@H](CCCCN)NC(=O)[C@H](CCCN=C(N)N)NC(=O)[C@@H](N)CC(C)C)C(=O)N[C@@H](CCCN=C(N)N)C(=O)O. The van der Waals surface area contributed by atoms with Gasteiger partial charge in [0, 0.05) is 26.2 Å². The molecule has 0 aliphatic carbocycles. The fourth-order valence-corrected chi connectivity index (χ4v) is 9.78. The first-order chi connectivity index (χ1) is 44.6. The Bertz CT molecular complexity index is 2500. The molecule has 0 rings (SSSR count). The molecule has 0 unspecified atom stereocenters. The topological polar surface area (TPSA) is 635 Å². The lowest BCUT2D eigenvalue weighted by Crippen LogP contribution is -2.60. The third-order valence-corrected chi connectivity index (χ3v) is 14.5. The highest BCUT2D eigenvalue weighted by Crippen LogP contribution is 2.15. The predicted octanol–water partition coefficient (Wildman–Crippen LogP) is -4.58. The van der Waals surface area contributed by atoms with Crippen LogP contribution in [0.5, 0.6) is 0 Å². The molecule has 35 heteroatoms. The third kappa shape index (κ3) is 40.5. The Morgan fingerprint density at radius 3 is 0.716 bits per heavy atom. The summed E-state index contributed by atoms with van der Waals surface area (Å²) in [5, 5.41) is 34.3. The molecule has 0 aliphatic rings. The molecular weight excluding hydrogens is 1230 g/mol. The van der Waals surface area contributed by atoms with Crippen molar-refractivity contribution in [1.82, 2.24) is 47.9 Å². The first kappa shape index (κ1) is 86.7. The van der Waals surface area contributed by atoms with Crippen LogP contribution in [0.25, 0.3) is 0 Å². The van der Waals surface area contributed by atoms with E-state index in [0.717, 1.165) is 0 Å². The van der Waals surface area contributed by atoms with Crippen molar-refractivity contribution < 1.29 is 53.1 Å². The minimum absolute atomic E-state index is 0.0165. The van der Waals surface area contributed by atoms with E-state index in [1.54, 1.807) is 41.5 Å². The summed E-state index contributed by atoms with van der Waals surface area (Å²) in [6.45, 7) is 15.3. The summed E-state index contributed by atoms with van der Waals surface area (Å²) in [5.41, 5.74) is 62.1. The van der Waals surface area contributed by atoms with Crippen LogP contribution in [0.3, 0.4) is 0 Å². The number of carboxylic acids is 1. The molecule has 0 spiro atoms. The van der Waals surface area contributed by atoms with Gasteiger partial charge in [-0.1, -0.05) is 55.4 Å². The number of carbonyl (C=O) groups excluding carboxylic acids is 9. The monoisotopic (exact) mass is 1350 g/mol. The number of carboxylic acid groups (broad SMARTS) is 1. The first-order valence-electron chi connectivity index (χ1n) is 33.0. The Kier molecular flexibility index (Phi) is 44.1. The minimum atomic E-state index is -1.40. The maximum atomic E-state index is 14.7. The lowest BCUT2D eigenvalue weighted by Gasteiger charge is -2.29. The molecule has 0 saturated carbocycles. The van der Waals surface area contributed by atoms with Crippen molar-refractivity contribution in [3.63, 3.8) is 0 Å². The zero-order valence-corrected chi connectivity index (χ0v) is 57.2. The van der Waals surface area contributed by atoms with Gasteiger partial charge in [0.2, 0.25) is 53.2 Å². The Hall–Kier alpha value is -8.34. The van der Waals surface area contributed by atoms with Crippen LogP contribution in [0.15, 0.2) is 20.0 Å². The van der Waals surface area contributed by atoms with Gasteiger partial charge in [0.25, 0.3) is 0 Å². The van der Waals surface area contributed by atoms with Crippen molar-refractivity contribution in [2.75, 3.05) is 39.3 Å². The van der Waals surface area contributed by atoms with Crippen molar-refractivity contribution in [3.05, 3.63) is 0 Å². The molecule has 0 saturated heterocycles. The molecule has 10 atom stereocenters. The van der Waals surface area contributed by atoms with Gasteiger partial charge in [-0.15, -0.1) is 0 Å². The third-order valence-electron chi connectivity index (χ3n) is 14.5. The summed E-state index contributed by atoms with van der Waals surface area (Å²) in [7, 11) is 0. The summed E-state index contributed by atoms with van der Waals surface area (Å²) in [6.07, 6.45) is 2.67. The van der Waals surface area contributed by atoms with E-state index in [1.165, 1.54) is 0 Å². The largest absolute Gasteiger partial charge is 0.480 e. The van der Waals surface area contributed by atoms with E-state index in [1.807, 2.05) is 13.8 Å². The van der Waals surface area contributed by atoms with E-state index in [2.05, 4.69) is 67.8 Å². The highest BCUT2D eigenvalue weighted by atomic mass is 16.4. The van der Waals surface area contributed by atoms with Gasteiger partial charge in [0.15, 0.2) is 23.8 Å². The molecule has 544 valence electrons. The smallest absolute Gasteiger partial charge is 0.326 e. The lowest BCUT2D eigenvalue weighted by molar-refractivity contribution is -0.142. The molecule has 0 aromatic carbocycles. The fraction of sp³-hybridized carbons (Fsp3) is 0.767. The molecule has 9 amide bonds. The molecule has 0 aromatic rings. The Morgan fingerprint density at radius 2 is 0.495 bits per heavy atom. The van der Waals surface area contributed by atoms with Gasteiger partial charge < -0.3 is 116 Å². The van der Waals surface area contributed by atoms with Gasteiger partial charge in [-0.2, -0.15) is 0 Å². The lowest BCUT2D eigenvalue weighted by atomic mass is 9.99. The van der Waals surface area contributed by atoms with Crippen LogP contribution >= 0.6 is 0 Å². The summed E-state index contributed by atoms with van der Waals surface area (Å²) in [4.78, 5) is 156. The number of nitrogens with one attached hydrogen (secondary N) is 9. The van der Waals surface area contributed by atoms with E-state index in [9.17, 15) is 53.1 Å². The number of rotatable bonds is 51. The summed E-state index contributed by atoms with van der Waals surface area (Å²) in [6, 6.07) is -12.7. The minimum Gasteiger partial charge on any atom is -0.480 e. The summed E-state index contributed by atoms with van der Waals surface area (Å²) < 4.78 is 0. The fourth-order valence-electron chi connectivity index (χ4n) is 9.78. The maximum Gasteiger partial charge on any atom is 0.326 e. The van der Waals surface area contributed by atoms with Gasteiger partial charge in [-0.3, -0.25) is 63.1 Å². The number of unbranched alkanes of at least 4 members (excludes halogenated alkanes) is 2. The van der Waals surface area contributed by atoms with Crippen molar-refractivity contribution in [2.24, 2.45) is 107 Å². The van der Waals surface area contributed by atoms with Crippen LogP contribution in [0.2, 0.25) is 0 Å². The Labute approximate surface area is 559 Å². The van der Waals surface area contributed by atoms with E-state index in [4.69, 9.17) is 63.1 Å². The number of hydrogen-bond donors (Lipinski definition) is 21. The summed E-state index contributed by atoms with van der Waals surface area (Å²) >= 11 is 0. The number of aliphatic carboxylic acids is 1. The van der Waals surface area contributed by atoms with E-state index in [-0.39, 0.29) is 170 Å². The predicted molar refractivity (Wildman–Crippen MR) is 366 cm³/mol. The highest BCUT2D eigenvalue weighted by Gasteiger charge is 2.36. The van der Waals surface area contributed by atoms with Crippen LogP contribution in [0.1, 0.15) is 171 Å². The van der Waals surface area contributed by atoms with E-state index in [0.29, 0.717) is 32.1 Å². The van der Waals surface area contributed by atoms with Gasteiger partial charge in [0.1, 0.15) is 54.4 Å². The van der Waals surface area contributed by atoms with Crippen molar-refractivity contribution >= 4 is 83.0 Å². The molecule has 0 radical (unpaired) electrons. The number of hydrogen-bond acceptors (Lipinski definition) is 17. The van der Waals surface area contributed by atoms with Crippen LogP contribution in [-0.4, -0.2) is 188 Å². The normalized spacial score (nSPS) is 14.3. The zero-order chi connectivity index (χ0) is 72.3. The molecule has 0 aromatic heterocycles. The Morgan fingerprint density at radius 1 is 0.295 bits per heavy atom. The molecule has 0 fully saturated rings.